The predicted octanol–water partition coefficient (Wildman–Crippen LogP) is 4.85. The molecule has 1 N–H and O–H groups in total. The van der Waals surface area contributed by atoms with Crippen molar-refractivity contribution in [3.8, 4) is 5.75 Å². The molecule has 0 aliphatic rings. The van der Waals surface area contributed by atoms with E-state index in [1.54, 1.807) is 12.1 Å². The van der Waals surface area contributed by atoms with E-state index < -0.39 is 0 Å². The second-order valence-corrected chi connectivity index (χ2v) is 5.80. The van der Waals surface area contributed by atoms with Gasteiger partial charge in [0.1, 0.15) is 5.75 Å². The quantitative estimate of drug-likeness (QED) is 0.828. The van der Waals surface area contributed by atoms with E-state index in [1.165, 1.54) is 0 Å². The first-order valence-corrected chi connectivity index (χ1v) is 8.24. The summed E-state index contributed by atoms with van der Waals surface area (Å²) >= 11 is 0. The second-order valence-electron chi connectivity index (χ2n) is 5.80. The van der Waals surface area contributed by atoms with Crippen LogP contribution in [0.15, 0.2) is 42.5 Å². The maximum absolute atomic E-state index is 12.5. The maximum Gasteiger partial charge on any atom is 0.255 e. The molecule has 0 unspecified atom stereocenters. The Balaban J connectivity index is 2.19. The standard InChI is InChI=1S/C20H25NO2/c1-5-15-8-7-9-16(6-2)19(15)21-20(22)17-10-12-18(13-11-17)23-14(3)4/h7-14H,5-6H2,1-4H3,(H,21,22). The molecule has 3 nitrogen and oxygen atoms in total. The van der Waals surface area contributed by atoms with E-state index in [0.717, 1.165) is 35.4 Å². The molecule has 1 amide bonds. The molecule has 3 heteroatoms. The lowest BCUT2D eigenvalue weighted by molar-refractivity contribution is 0.102. The highest BCUT2D eigenvalue weighted by Gasteiger charge is 2.12. The van der Waals surface area contributed by atoms with Crippen LogP contribution >= 0.6 is 0 Å². The zero-order valence-electron chi connectivity index (χ0n) is 14.3. The van der Waals surface area contributed by atoms with Gasteiger partial charge in [-0.05, 0) is 62.1 Å². The zero-order valence-corrected chi connectivity index (χ0v) is 14.3. The number of hydrogen-bond donors (Lipinski definition) is 1. The Morgan fingerprint density at radius 1 is 1.00 bits per heavy atom. The Labute approximate surface area is 138 Å². The van der Waals surface area contributed by atoms with Crippen LogP contribution in [-0.4, -0.2) is 12.0 Å². The van der Waals surface area contributed by atoms with Crippen LogP contribution in [0.2, 0.25) is 0 Å². The van der Waals surface area contributed by atoms with Gasteiger partial charge in [0.05, 0.1) is 6.10 Å². The summed E-state index contributed by atoms with van der Waals surface area (Å²) < 4.78 is 5.61. The van der Waals surface area contributed by atoms with E-state index in [-0.39, 0.29) is 12.0 Å². The third kappa shape index (κ3) is 4.35. The smallest absolute Gasteiger partial charge is 0.255 e. The number of anilines is 1. The summed E-state index contributed by atoms with van der Waals surface area (Å²) in [5, 5.41) is 3.08. The van der Waals surface area contributed by atoms with Crippen molar-refractivity contribution in [3.63, 3.8) is 0 Å². The van der Waals surface area contributed by atoms with Crippen molar-refractivity contribution in [2.24, 2.45) is 0 Å². The summed E-state index contributed by atoms with van der Waals surface area (Å²) in [6.07, 6.45) is 1.91. The van der Waals surface area contributed by atoms with Gasteiger partial charge in [0, 0.05) is 11.3 Å². The number of ether oxygens (including phenoxy) is 1. The normalized spacial score (nSPS) is 10.7. The van der Waals surface area contributed by atoms with Crippen LogP contribution < -0.4 is 10.1 Å². The lowest BCUT2D eigenvalue weighted by Gasteiger charge is -2.15. The molecule has 0 atom stereocenters. The van der Waals surface area contributed by atoms with Crippen molar-refractivity contribution in [3.05, 3.63) is 59.2 Å². The number of nitrogens with one attached hydrogen (secondary N) is 1. The lowest BCUT2D eigenvalue weighted by Crippen LogP contribution is -2.15. The van der Waals surface area contributed by atoms with Crippen LogP contribution in [0.25, 0.3) is 0 Å². The Bertz CT molecular complexity index is 638. The fourth-order valence-corrected chi connectivity index (χ4v) is 2.55. The fourth-order valence-electron chi connectivity index (χ4n) is 2.55. The van der Waals surface area contributed by atoms with E-state index in [9.17, 15) is 4.79 Å². The summed E-state index contributed by atoms with van der Waals surface area (Å²) in [6, 6.07) is 13.4. The van der Waals surface area contributed by atoms with Gasteiger partial charge in [-0.15, -0.1) is 0 Å². The minimum Gasteiger partial charge on any atom is -0.491 e. The van der Waals surface area contributed by atoms with Crippen molar-refractivity contribution in [1.82, 2.24) is 0 Å². The molecule has 0 aliphatic carbocycles. The van der Waals surface area contributed by atoms with E-state index >= 15 is 0 Å². The molecule has 0 aromatic heterocycles. The molecule has 0 saturated carbocycles. The number of benzene rings is 2. The molecule has 2 aromatic carbocycles. The van der Waals surface area contributed by atoms with Gasteiger partial charge < -0.3 is 10.1 Å². The van der Waals surface area contributed by atoms with Gasteiger partial charge in [-0.1, -0.05) is 32.0 Å². The maximum atomic E-state index is 12.5. The molecule has 0 heterocycles. The van der Waals surface area contributed by atoms with E-state index in [2.05, 4.69) is 31.3 Å². The number of hydrogen-bond acceptors (Lipinski definition) is 2. The fraction of sp³-hybridized carbons (Fsp3) is 0.350. The Morgan fingerprint density at radius 3 is 2.04 bits per heavy atom. The first-order chi connectivity index (χ1) is 11.0. The number of carbonyl (C=O) groups excluding carboxylic acids is 1. The van der Waals surface area contributed by atoms with Crippen molar-refractivity contribution in [1.29, 1.82) is 0 Å². The lowest BCUT2D eigenvalue weighted by atomic mass is 10.0. The molecular weight excluding hydrogens is 286 g/mol. The highest BCUT2D eigenvalue weighted by atomic mass is 16.5. The summed E-state index contributed by atoms with van der Waals surface area (Å²) in [4.78, 5) is 12.5. The van der Waals surface area contributed by atoms with Gasteiger partial charge in [0.25, 0.3) is 5.91 Å². The molecule has 0 bridgehead atoms. The molecule has 2 aromatic rings. The monoisotopic (exact) mass is 311 g/mol. The van der Waals surface area contributed by atoms with Crippen LogP contribution in [-0.2, 0) is 12.8 Å². The molecule has 122 valence electrons. The number of aryl methyl sites for hydroxylation is 2. The van der Waals surface area contributed by atoms with Crippen molar-refractivity contribution < 1.29 is 9.53 Å². The molecule has 0 saturated heterocycles. The number of para-hydroxylation sites is 1. The number of amides is 1. The van der Waals surface area contributed by atoms with Gasteiger partial charge in [0.15, 0.2) is 0 Å². The molecule has 0 fully saturated rings. The van der Waals surface area contributed by atoms with Crippen LogP contribution in [0.3, 0.4) is 0 Å². The van der Waals surface area contributed by atoms with Crippen LogP contribution in [0.5, 0.6) is 5.75 Å². The summed E-state index contributed by atoms with van der Waals surface area (Å²) in [7, 11) is 0. The largest absolute Gasteiger partial charge is 0.491 e. The van der Waals surface area contributed by atoms with Crippen molar-refractivity contribution >= 4 is 11.6 Å². The Morgan fingerprint density at radius 2 is 1.57 bits per heavy atom. The van der Waals surface area contributed by atoms with Crippen LogP contribution in [0.1, 0.15) is 49.2 Å². The summed E-state index contributed by atoms with van der Waals surface area (Å²) in [6.45, 7) is 8.16. The average molecular weight is 311 g/mol. The average Bonchev–Trinajstić information content (AvgIpc) is 2.55. The molecule has 23 heavy (non-hydrogen) atoms. The summed E-state index contributed by atoms with van der Waals surface area (Å²) in [5.41, 5.74) is 3.91. The Hall–Kier alpha value is -2.29. The van der Waals surface area contributed by atoms with Crippen LogP contribution in [0, 0.1) is 0 Å². The summed E-state index contributed by atoms with van der Waals surface area (Å²) in [5.74, 6) is 0.691. The second kappa shape index (κ2) is 7.82. The van der Waals surface area contributed by atoms with E-state index in [0.29, 0.717) is 5.56 Å². The minimum absolute atomic E-state index is 0.0864. The predicted molar refractivity (Wildman–Crippen MR) is 95.4 cm³/mol. The third-order valence-electron chi connectivity index (χ3n) is 3.73. The zero-order chi connectivity index (χ0) is 16.8. The third-order valence-corrected chi connectivity index (χ3v) is 3.73. The number of carbonyl (C=O) groups is 1. The Kier molecular flexibility index (Phi) is 5.80. The van der Waals surface area contributed by atoms with Crippen LogP contribution in [0.4, 0.5) is 5.69 Å². The van der Waals surface area contributed by atoms with Gasteiger partial charge >= 0.3 is 0 Å². The number of rotatable bonds is 6. The first kappa shape index (κ1) is 17.1. The van der Waals surface area contributed by atoms with E-state index in [4.69, 9.17) is 4.74 Å². The van der Waals surface area contributed by atoms with Crippen molar-refractivity contribution in [2.45, 2.75) is 46.6 Å². The SMILES string of the molecule is CCc1cccc(CC)c1NC(=O)c1ccc(OC(C)C)cc1. The molecule has 0 radical (unpaired) electrons. The first-order valence-electron chi connectivity index (χ1n) is 8.24. The van der Waals surface area contributed by atoms with E-state index in [1.807, 2.05) is 32.0 Å². The van der Waals surface area contributed by atoms with Crippen molar-refractivity contribution in [2.75, 3.05) is 5.32 Å². The molecular formula is C20H25NO2. The van der Waals surface area contributed by atoms with Gasteiger partial charge in [0.2, 0.25) is 0 Å². The minimum atomic E-state index is -0.0864. The van der Waals surface area contributed by atoms with Gasteiger partial charge in [-0.2, -0.15) is 0 Å². The van der Waals surface area contributed by atoms with Gasteiger partial charge in [-0.3, -0.25) is 4.79 Å². The highest BCUT2D eigenvalue weighted by Crippen LogP contribution is 2.23. The molecule has 0 aliphatic heterocycles. The molecule has 0 spiro atoms. The van der Waals surface area contributed by atoms with Gasteiger partial charge in [-0.25, -0.2) is 0 Å². The highest BCUT2D eigenvalue weighted by molar-refractivity contribution is 6.05. The molecule has 2 rings (SSSR count). The topological polar surface area (TPSA) is 38.3 Å².